The highest BCUT2D eigenvalue weighted by molar-refractivity contribution is 5.85. The van der Waals surface area contributed by atoms with E-state index in [4.69, 9.17) is 5.73 Å². The second-order valence-electron chi connectivity index (χ2n) is 9.64. The lowest BCUT2D eigenvalue weighted by molar-refractivity contribution is -0.121. The number of guanidine groups is 1. The number of likely N-dealkylation sites (tertiary alicyclic amines) is 1. The lowest BCUT2D eigenvalue weighted by atomic mass is 10.0. The number of carbonyl (C=O) groups is 1. The number of nitrogens with one attached hydrogen (secondary N) is 1. The topological polar surface area (TPSA) is 97.7 Å². The first-order valence-electron chi connectivity index (χ1n) is 12.9. The van der Waals surface area contributed by atoms with Crippen LogP contribution in [0.5, 0.6) is 0 Å². The van der Waals surface area contributed by atoms with Gasteiger partial charge in [0.25, 0.3) is 0 Å². The summed E-state index contributed by atoms with van der Waals surface area (Å²) in [6.07, 6.45) is 5.57. The minimum atomic E-state index is -0.555. The van der Waals surface area contributed by atoms with E-state index in [1.54, 1.807) is 0 Å². The number of rotatable bonds is 8. The van der Waals surface area contributed by atoms with Gasteiger partial charge in [-0.1, -0.05) is 60.7 Å². The number of amides is 1. The number of hydrogen-bond acceptors (Lipinski definition) is 4. The van der Waals surface area contributed by atoms with Gasteiger partial charge in [0.2, 0.25) is 11.9 Å². The predicted octanol–water partition coefficient (Wildman–Crippen LogP) is 4.33. The van der Waals surface area contributed by atoms with Crippen LogP contribution in [-0.2, 0) is 11.2 Å². The first kappa shape index (κ1) is 24.5. The monoisotopic (exact) mass is 492 g/mol. The fourth-order valence-electron chi connectivity index (χ4n) is 5.31. The fourth-order valence-corrected chi connectivity index (χ4v) is 5.31. The maximum Gasteiger partial charge on any atom is 0.222 e. The van der Waals surface area contributed by atoms with Gasteiger partial charge in [-0.15, -0.1) is 0 Å². The van der Waals surface area contributed by atoms with Crippen LogP contribution in [0, 0.1) is 11.5 Å². The molecule has 2 aliphatic rings. The molecule has 37 heavy (non-hydrogen) atoms. The highest BCUT2D eigenvalue weighted by Gasteiger charge is 2.26. The molecule has 1 amide bonds. The first-order chi connectivity index (χ1) is 18.1. The summed E-state index contributed by atoms with van der Waals surface area (Å²) in [5.74, 6) is -0.0481. The van der Waals surface area contributed by atoms with Crippen LogP contribution in [0.1, 0.15) is 42.0 Å². The number of nitrogens with two attached hydrogens (primary N) is 1. The number of carbonyl (C=O) groups excluding carboxylic acids is 1. The van der Waals surface area contributed by atoms with Crippen molar-refractivity contribution in [3.05, 3.63) is 89.5 Å². The van der Waals surface area contributed by atoms with Gasteiger partial charge in [0, 0.05) is 13.1 Å². The molecule has 1 saturated heterocycles. The summed E-state index contributed by atoms with van der Waals surface area (Å²) < 4.78 is 0. The van der Waals surface area contributed by atoms with E-state index in [2.05, 4.69) is 51.7 Å². The summed E-state index contributed by atoms with van der Waals surface area (Å²) in [4.78, 5) is 21.2. The summed E-state index contributed by atoms with van der Waals surface area (Å²) in [5, 5.41) is 13.1. The molecular weight excluding hydrogens is 460 g/mol. The molecule has 188 valence electrons. The van der Waals surface area contributed by atoms with Gasteiger partial charge in [-0.25, -0.2) is 9.89 Å². The van der Waals surface area contributed by atoms with E-state index in [1.165, 1.54) is 40.0 Å². The van der Waals surface area contributed by atoms with Gasteiger partial charge < -0.3 is 16.0 Å². The Hall–Kier alpha value is -4.15. The predicted molar refractivity (Wildman–Crippen MR) is 146 cm³/mol. The van der Waals surface area contributed by atoms with Crippen LogP contribution < -0.4 is 11.1 Å². The SMILES string of the molecule is N#CN(C(N)=Nc1ccc2c(c1)Cc1ccccc1-2)C(CC(=O)NCCN1CCCC1)c1ccccc1. The van der Waals surface area contributed by atoms with Crippen molar-refractivity contribution in [3.63, 3.8) is 0 Å². The molecule has 7 heteroatoms. The van der Waals surface area contributed by atoms with Gasteiger partial charge in [-0.05, 0) is 72.3 Å². The molecule has 1 heterocycles. The van der Waals surface area contributed by atoms with Crippen LogP contribution >= 0.6 is 0 Å². The summed E-state index contributed by atoms with van der Waals surface area (Å²) in [6.45, 7) is 3.61. The van der Waals surface area contributed by atoms with E-state index in [-0.39, 0.29) is 18.3 Å². The maximum atomic E-state index is 12.9. The van der Waals surface area contributed by atoms with E-state index in [0.29, 0.717) is 12.2 Å². The minimum Gasteiger partial charge on any atom is -0.369 e. The number of aliphatic imine (C=N–C) groups is 1. The average molecular weight is 493 g/mol. The third-order valence-corrected chi connectivity index (χ3v) is 7.20. The Morgan fingerprint density at radius 2 is 1.76 bits per heavy atom. The Morgan fingerprint density at radius 1 is 1.03 bits per heavy atom. The lowest BCUT2D eigenvalue weighted by Gasteiger charge is -2.26. The first-order valence-corrected chi connectivity index (χ1v) is 12.9. The van der Waals surface area contributed by atoms with Crippen LogP contribution in [0.2, 0.25) is 0 Å². The van der Waals surface area contributed by atoms with Gasteiger partial charge in [0.05, 0.1) is 18.2 Å². The summed E-state index contributed by atoms with van der Waals surface area (Å²) in [5.41, 5.74) is 12.9. The smallest absolute Gasteiger partial charge is 0.222 e. The molecule has 0 spiro atoms. The highest BCUT2D eigenvalue weighted by Crippen LogP contribution is 2.38. The molecule has 1 atom stereocenters. The molecule has 1 aliphatic heterocycles. The normalized spacial score (nSPS) is 15.5. The lowest BCUT2D eigenvalue weighted by Crippen LogP contribution is -2.40. The van der Waals surface area contributed by atoms with Crippen LogP contribution in [0.3, 0.4) is 0 Å². The largest absolute Gasteiger partial charge is 0.369 e. The van der Waals surface area contributed by atoms with Gasteiger partial charge in [0.1, 0.15) is 0 Å². The molecule has 1 aliphatic carbocycles. The molecule has 1 fully saturated rings. The molecule has 5 rings (SSSR count). The van der Waals surface area contributed by atoms with Crippen molar-refractivity contribution in [1.82, 2.24) is 15.1 Å². The Labute approximate surface area is 218 Å². The van der Waals surface area contributed by atoms with Crippen molar-refractivity contribution < 1.29 is 4.79 Å². The Bertz CT molecular complexity index is 1320. The standard InChI is InChI=1S/C30H32N6O/c31-21-36(30(32)34-25-12-13-27-24(19-25)18-23-10-4-5-11-26(23)27)28(22-8-2-1-3-9-22)20-29(37)33-14-17-35-15-6-7-16-35/h1-5,8-13,19,28H,6-7,14-18,20H2,(H2,32,34)(H,33,37). The van der Waals surface area contributed by atoms with Crippen LogP contribution in [0.15, 0.2) is 77.8 Å². The second kappa shape index (κ2) is 11.3. The molecule has 0 aromatic heterocycles. The third kappa shape index (κ3) is 5.65. The molecule has 0 bridgehead atoms. The van der Waals surface area contributed by atoms with E-state index in [1.807, 2.05) is 42.5 Å². The molecule has 1 unspecified atom stereocenters. The Balaban J connectivity index is 1.33. The van der Waals surface area contributed by atoms with Crippen molar-refractivity contribution >= 4 is 17.6 Å². The van der Waals surface area contributed by atoms with Gasteiger partial charge >= 0.3 is 0 Å². The zero-order valence-corrected chi connectivity index (χ0v) is 20.9. The summed E-state index contributed by atoms with van der Waals surface area (Å²) in [7, 11) is 0. The summed E-state index contributed by atoms with van der Waals surface area (Å²) in [6, 6.07) is 23.4. The molecule has 3 N–H and O–H groups in total. The van der Waals surface area contributed by atoms with Crippen molar-refractivity contribution in [2.75, 3.05) is 26.2 Å². The molecule has 0 saturated carbocycles. The average Bonchev–Trinajstić information content (AvgIpc) is 3.56. The minimum absolute atomic E-state index is 0.0664. The van der Waals surface area contributed by atoms with E-state index in [9.17, 15) is 10.1 Å². The number of fused-ring (bicyclic) bond motifs is 3. The Kier molecular flexibility index (Phi) is 7.48. The van der Waals surface area contributed by atoms with E-state index >= 15 is 0 Å². The van der Waals surface area contributed by atoms with Crippen LogP contribution in [0.25, 0.3) is 11.1 Å². The number of benzene rings is 3. The number of nitriles is 1. The van der Waals surface area contributed by atoms with Gasteiger partial charge in [-0.2, -0.15) is 5.26 Å². The highest BCUT2D eigenvalue weighted by atomic mass is 16.1. The zero-order valence-electron chi connectivity index (χ0n) is 20.9. The number of hydrogen-bond donors (Lipinski definition) is 2. The van der Waals surface area contributed by atoms with Crippen molar-refractivity contribution in [2.45, 2.75) is 31.7 Å². The third-order valence-electron chi connectivity index (χ3n) is 7.20. The van der Waals surface area contributed by atoms with Crippen LogP contribution in [-0.4, -0.2) is 47.8 Å². The Morgan fingerprint density at radius 3 is 2.54 bits per heavy atom. The van der Waals surface area contributed by atoms with E-state index < -0.39 is 6.04 Å². The molecular formula is C30H32N6O. The molecule has 7 nitrogen and oxygen atoms in total. The molecule has 3 aromatic rings. The van der Waals surface area contributed by atoms with Crippen molar-refractivity contribution in [2.24, 2.45) is 10.7 Å². The fraction of sp³-hybridized carbons (Fsp3) is 0.300. The van der Waals surface area contributed by atoms with Crippen LogP contribution in [0.4, 0.5) is 5.69 Å². The zero-order chi connectivity index (χ0) is 25.6. The quantitative estimate of drug-likeness (QED) is 0.165. The summed E-state index contributed by atoms with van der Waals surface area (Å²) >= 11 is 0. The van der Waals surface area contributed by atoms with Crippen molar-refractivity contribution in [1.29, 1.82) is 5.26 Å². The van der Waals surface area contributed by atoms with E-state index in [0.717, 1.165) is 31.6 Å². The molecule has 0 radical (unpaired) electrons. The maximum absolute atomic E-state index is 12.9. The number of nitrogens with zero attached hydrogens (tertiary/aromatic N) is 4. The van der Waals surface area contributed by atoms with Gasteiger partial charge in [-0.3, -0.25) is 4.79 Å². The van der Waals surface area contributed by atoms with Crippen molar-refractivity contribution in [3.8, 4) is 17.3 Å². The second-order valence-corrected chi connectivity index (χ2v) is 9.64. The molecule has 3 aromatic carbocycles. The van der Waals surface area contributed by atoms with Gasteiger partial charge in [0.15, 0.2) is 6.19 Å².